The standard InChI is InChI=1S/C13H19NO3/c1-17-9-5-4-8-14-10-11-6-2-3-7-12(11)13(15)16/h2-3,6-7,14H,4-5,8-10H2,1H3,(H,15,16). The molecule has 0 fully saturated rings. The molecule has 0 saturated carbocycles. The Hall–Kier alpha value is -1.39. The van der Waals surface area contributed by atoms with Crippen molar-refractivity contribution in [2.75, 3.05) is 20.3 Å². The smallest absolute Gasteiger partial charge is 0.336 e. The Bertz CT molecular complexity index is 352. The third-order valence-electron chi connectivity index (χ3n) is 2.52. The molecular formula is C13H19NO3. The average Bonchev–Trinajstić information content (AvgIpc) is 2.34. The van der Waals surface area contributed by atoms with Crippen LogP contribution in [0.3, 0.4) is 0 Å². The molecule has 0 amide bonds. The van der Waals surface area contributed by atoms with Gasteiger partial charge in [-0.05, 0) is 31.0 Å². The van der Waals surface area contributed by atoms with Crippen LogP contribution in [0.4, 0.5) is 0 Å². The number of carboxylic acids is 1. The van der Waals surface area contributed by atoms with E-state index in [4.69, 9.17) is 9.84 Å². The average molecular weight is 237 g/mol. The van der Waals surface area contributed by atoms with Crippen molar-refractivity contribution < 1.29 is 14.6 Å². The second-order valence-electron chi connectivity index (χ2n) is 3.84. The number of ether oxygens (including phenoxy) is 1. The van der Waals surface area contributed by atoms with Gasteiger partial charge in [-0.2, -0.15) is 0 Å². The molecule has 2 N–H and O–H groups in total. The summed E-state index contributed by atoms with van der Waals surface area (Å²) in [5.41, 5.74) is 1.20. The van der Waals surface area contributed by atoms with Gasteiger partial charge in [-0.3, -0.25) is 0 Å². The molecule has 0 aliphatic rings. The summed E-state index contributed by atoms with van der Waals surface area (Å²) in [6, 6.07) is 7.07. The molecule has 0 spiro atoms. The van der Waals surface area contributed by atoms with E-state index < -0.39 is 5.97 Å². The summed E-state index contributed by atoms with van der Waals surface area (Å²) in [4.78, 5) is 11.0. The topological polar surface area (TPSA) is 58.6 Å². The van der Waals surface area contributed by atoms with Crippen molar-refractivity contribution in [1.29, 1.82) is 0 Å². The quantitative estimate of drug-likeness (QED) is 0.678. The number of hydrogen-bond acceptors (Lipinski definition) is 3. The molecule has 0 atom stereocenters. The van der Waals surface area contributed by atoms with Crippen LogP contribution >= 0.6 is 0 Å². The van der Waals surface area contributed by atoms with Crippen molar-refractivity contribution >= 4 is 5.97 Å². The zero-order chi connectivity index (χ0) is 12.5. The van der Waals surface area contributed by atoms with Crippen LogP contribution in [0.1, 0.15) is 28.8 Å². The van der Waals surface area contributed by atoms with E-state index in [2.05, 4.69) is 5.32 Å². The first-order chi connectivity index (χ1) is 8.25. The Morgan fingerprint density at radius 1 is 1.35 bits per heavy atom. The summed E-state index contributed by atoms with van der Waals surface area (Å²) in [5, 5.41) is 12.2. The van der Waals surface area contributed by atoms with E-state index in [1.807, 2.05) is 12.1 Å². The number of hydrogen-bond donors (Lipinski definition) is 2. The summed E-state index contributed by atoms with van der Waals surface area (Å²) < 4.78 is 4.95. The molecule has 1 aromatic carbocycles. The molecule has 4 heteroatoms. The Morgan fingerprint density at radius 2 is 2.12 bits per heavy atom. The fourth-order valence-electron chi connectivity index (χ4n) is 1.60. The maximum atomic E-state index is 11.0. The third-order valence-corrected chi connectivity index (χ3v) is 2.52. The lowest BCUT2D eigenvalue weighted by molar-refractivity contribution is 0.0695. The maximum Gasteiger partial charge on any atom is 0.336 e. The first kappa shape index (κ1) is 13.7. The van der Waals surface area contributed by atoms with Gasteiger partial charge in [0, 0.05) is 20.3 Å². The highest BCUT2D eigenvalue weighted by atomic mass is 16.5. The molecule has 0 heterocycles. The zero-order valence-electron chi connectivity index (χ0n) is 10.1. The van der Waals surface area contributed by atoms with Crippen molar-refractivity contribution in [2.45, 2.75) is 19.4 Å². The minimum Gasteiger partial charge on any atom is -0.478 e. The van der Waals surface area contributed by atoms with Gasteiger partial charge in [-0.25, -0.2) is 4.79 Å². The van der Waals surface area contributed by atoms with Crippen LogP contribution in [0, 0.1) is 0 Å². The lowest BCUT2D eigenvalue weighted by Gasteiger charge is -2.07. The van der Waals surface area contributed by atoms with Gasteiger partial charge in [0.15, 0.2) is 0 Å². The van der Waals surface area contributed by atoms with Crippen LogP contribution in [-0.2, 0) is 11.3 Å². The first-order valence-electron chi connectivity index (χ1n) is 5.76. The van der Waals surface area contributed by atoms with Crippen molar-refractivity contribution in [3.63, 3.8) is 0 Å². The van der Waals surface area contributed by atoms with E-state index in [0.29, 0.717) is 12.1 Å². The lowest BCUT2D eigenvalue weighted by Crippen LogP contribution is -2.17. The molecule has 1 aromatic rings. The van der Waals surface area contributed by atoms with Crippen LogP contribution in [0.25, 0.3) is 0 Å². The molecule has 0 radical (unpaired) electrons. The molecule has 17 heavy (non-hydrogen) atoms. The summed E-state index contributed by atoms with van der Waals surface area (Å²) in [7, 11) is 1.69. The van der Waals surface area contributed by atoms with Gasteiger partial charge >= 0.3 is 5.97 Å². The van der Waals surface area contributed by atoms with Gasteiger partial charge in [0.1, 0.15) is 0 Å². The number of benzene rings is 1. The normalized spacial score (nSPS) is 10.4. The second-order valence-corrected chi connectivity index (χ2v) is 3.84. The highest BCUT2D eigenvalue weighted by molar-refractivity contribution is 5.89. The highest BCUT2D eigenvalue weighted by Gasteiger charge is 2.07. The van der Waals surface area contributed by atoms with Gasteiger partial charge < -0.3 is 15.2 Å². The molecule has 94 valence electrons. The zero-order valence-corrected chi connectivity index (χ0v) is 10.1. The Labute approximate surface area is 102 Å². The molecule has 4 nitrogen and oxygen atoms in total. The van der Waals surface area contributed by atoms with Crippen molar-refractivity contribution in [3.05, 3.63) is 35.4 Å². The molecule has 0 unspecified atom stereocenters. The van der Waals surface area contributed by atoms with Crippen molar-refractivity contribution in [1.82, 2.24) is 5.32 Å². The lowest BCUT2D eigenvalue weighted by atomic mass is 10.1. The number of nitrogens with one attached hydrogen (secondary N) is 1. The summed E-state index contributed by atoms with van der Waals surface area (Å²) in [6.07, 6.45) is 2.05. The van der Waals surface area contributed by atoms with Gasteiger partial charge in [-0.1, -0.05) is 18.2 Å². The van der Waals surface area contributed by atoms with E-state index in [0.717, 1.165) is 31.6 Å². The third kappa shape index (κ3) is 4.97. The largest absolute Gasteiger partial charge is 0.478 e. The van der Waals surface area contributed by atoms with E-state index in [1.165, 1.54) is 0 Å². The number of aromatic carboxylic acids is 1. The number of unbranched alkanes of at least 4 members (excludes halogenated alkanes) is 1. The van der Waals surface area contributed by atoms with E-state index >= 15 is 0 Å². The Balaban J connectivity index is 2.34. The van der Waals surface area contributed by atoms with Gasteiger partial charge in [0.2, 0.25) is 0 Å². The van der Waals surface area contributed by atoms with E-state index in [9.17, 15) is 4.79 Å². The molecule has 0 aromatic heterocycles. The minimum atomic E-state index is -0.873. The van der Waals surface area contributed by atoms with Crippen LogP contribution in [0.15, 0.2) is 24.3 Å². The van der Waals surface area contributed by atoms with Gasteiger partial charge in [0.05, 0.1) is 5.56 Å². The minimum absolute atomic E-state index is 0.372. The number of carboxylic acid groups (broad SMARTS) is 1. The maximum absolute atomic E-state index is 11.0. The van der Waals surface area contributed by atoms with E-state index in [-0.39, 0.29) is 0 Å². The fraction of sp³-hybridized carbons (Fsp3) is 0.462. The first-order valence-corrected chi connectivity index (χ1v) is 5.76. The summed E-state index contributed by atoms with van der Waals surface area (Å²) in [5.74, 6) is -0.873. The molecule has 0 aliphatic heterocycles. The fourth-order valence-corrected chi connectivity index (χ4v) is 1.60. The van der Waals surface area contributed by atoms with Crippen molar-refractivity contribution in [2.24, 2.45) is 0 Å². The van der Waals surface area contributed by atoms with E-state index in [1.54, 1.807) is 19.2 Å². The molecule has 0 saturated heterocycles. The number of methoxy groups -OCH3 is 1. The molecule has 1 rings (SSSR count). The Kier molecular flexibility index (Phi) is 6.29. The number of carbonyl (C=O) groups is 1. The highest BCUT2D eigenvalue weighted by Crippen LogP contribution is 2.08. The SMILES string of the molecule is COCCCCNCc1ccccc1C(=O)O. The monoisotopic (exact) mass is 237 g/mol. The molecular weight excluding hydrogens is 218 g/mol. The van der Waals surface area contributed by atoms with Crippen LogP contribution in [0.2, 0.25) is 0 Å². The van der Waals surface area contributed by atoms with Crippen LogP contribution < -0.4 is 5.32 Å². The Morgan fingerprint density at radius 3 is 2.82 bits per heavy atom. The van der Waals surface area contributed by atoms with Crippen LogP contribution in [0.5, 0.6) is 0 Å². The number of rotatable bonds is 8. The predicted octanol–water partition coefficient (Wildman–Crippen LogP) is 1.90. The summed E-state index contributed by atoms with van der Waals surface area (Å²) in [6.45, 7) is 2.24. The predicted molar refractivity (Wildman–Crippen MR) is 66.2 cm³/mol. The molecule has 0 bridgehead atoms. The van der Waals surface area contributed by atoms with Gasteiger partial charge in [-0.15, -0.1) is 0 Å². The van der Waals surface area contributed by atoms with Crippen LogP contribution in [-0.4, -0.2) is 31.3 Å². The van der Waals surface area contributed by atoms with Crippen molar-refractivity contribution in [3.8, 4) is 0 Å². The summed E-state index contributed by atoms with van der Waals surface area (Å²) >= 11 is 0. The molecule has 0 aliphatic carbocycles. The second kappa shape index (κ2) is 7.81. The van der Waals surface area contributed by atoms with Gasteiger partial charge in [0.25, 0.3) is 0 Å².